The van der Waals surface area contributed by atoms with Crippen LogP contribution in [0.4, 0.5) is 11.4 Å². The summed E-state index contributed by atoms with van der Waals surface area (Å²) < 4.78 is 0. The second-order valence-electron chi connectivity index (χ2n) is 6.90. The van der Waals surface area contributed by atoms with Crippen LogP contribution in [0.1, 0.15) is 22.8 Å². The highest BCUT2D eigenvalue weighted by molar-refractivity contribution is 6.31. The third-order valence-corrected chi connectivity index (χ3v) is 5.51. The Labute approximate surface area is 179 Å². The van der Waals surface area contributed by atoms with Gasteiger partial charge in [0.1, 0.15) is 6.04 Å². The Morgan fingerprint density at radius 3 is 2.03 bits per heavy atom. The molecule has 1 aliphatic rings. The molecule has 0 saturated carbocycles. The van der Waals surface area contributed by atoms with Crippen LogP contribution in [0.2, 0.25) is 10.0 Å². The van der Waals surface area contributed by atoms with Gasteiger partial charge in [0.2, 0.25) is 5.91 Å². The Kier molecular flexibility index (Phi) is 5.31. The molecule has 0 saturated heterocycles. The van der Waals surface area contributed by atoms with Gasteiger partial charge >= 0.3 is 0 Å². The Bertz CT molecular complexity index is 1060. The number of hydrogen-bond acceptors (Lipinski definition) is 2. The summed E-state index contributed by atoms with van der Waals surface area (Å²) in [6.45, 7) is 2.15. The van der Waals surface area contributed by atoms with Crippen LogP contribution < -0.4 is 9.80 Å². The van der Waals surface area contributed by atoms with Gasteiger partial charge in [0.05, 0.1) is 17.9 Å². The number of hydrogen-bond donors (Lipinski definition) is 0. The minimum absolute atomic E-state index is 0.138. The van der Waals surface area contributed by atoms with Crippen LogP contribution in [0, 0.1) is 0 Å². The first-order valence-corrected chi connectivity index (χ1v) is 9.95. The SMILES string of the molecule is CC1C(=O)N(Cc2ccc(Cl)cc2)c2ccccc2N1C(=O)c1ccc(Cl)cc1. The number of benzene rings is 3. The maximum Gasteiger partial charge on any atom is 0.259 e. The molecule has 1 heterocycles. The molecule has 0 bridgehead atoms. The van der Waals surface area contributed by atoms with Crippen molar-refractivity contribution in [3.8, 4) is 0 Å². The molecule has 0 N–H and O–H groups in total. The lowest BCUT2D eigenvalue weighted by Crippen LogP contribution is -2.54. The molecule has 3 aromatic rings. The number of amides is 2. The average molecular weight is 425 g/mol. The molecule has 1 aliphatic heterocycles. The molecule has 2 amide bonds. The zero-order valence-electron chi connectivity index (χ0n) is 15.7. The molecular formula is C23H18Cl2N2O2. The van der Waals surface area contributed by atoms with E-state index in [9.17, 15) is 9.59 Å². The lowest BCUT2D eigenvalue weighted by atomic mass is 10.0. The number of carbonyl (C=O) groups is 2. The lowest BCUT2D eigenvalue weighted by molar-refractivity contribution is -0.119. The van der Waals surface area contributed by atoms with Crippen LogP contribution in [0.5, 0.6) is 0 Å². The molecule has 1 atom stereocenters. The van der Waals surface area contributed by atoms with Gasteiger partial charge in [-0.2, -0.15) is 0 Å². The zero-order chi connectivity index (χ0) is 20.5. The Balaban J connectivity index is 1.73. The number of halogens is 2. The van der Waals surface area contributed by atoms with E-state index in [0.29, 0.717) is 33.5 Å². The van der Waals surface area contributed by atoms with Crippen molar-refractivity contribution < 1.29 is 9.59 Å². The molecule has 0 aromatic heterocycles. The Morgan fingerprint density at radius 1 is 0.862 bits per heavy atom. The normalized spacial score (nSPS) is 16.0. The number of anilines is 2. The maximum atomic E-state index is 13.2. The van der Waals surface area contributed by atoms with E-state index in [1.54, 1.807) is 53.1 Å². The Hall–Kier alpha value is -2.82. The van der Waals surface area contributed by atoms with Crippen LogP contribution in [0.3, 0.4) is 0 Å². The van der Waals surface area contributed by atoms with Crippen molar-refractivity contribution in [1.29, 1.82) is 0 Å². The fourth-order valence-electron chi connectivity index (χ4n) is 3.51. The van der Waals surface area contributed by atoms with Gasteiger partial charge in [-0.25, -0.2) is 0 Å². The summed E-state index contributed by atoms with van der Waals surface area (Å²) in [5, 5.41) is 1.20. The molecule has 0 radical (unpaired) electrons. The highest BCUT2D eigenvalue weighted by atomic mass is 35.5. The summed E-state index contributed by atoms with van der Waals surface area (Å²) in [5.74, 6) is -0.373. The van der Waals surface area contributed by atoms with Crippen LogP contribution in [0.25, 0.3) is 0 Å². The topological polar surface area (TPSA) is 40.6 Å². The minimum Gasteiger partial charge on any atom is -0.304 e. The maximum absolute atomic E-state index is 13.2. The predicted molar refractivity (Wildman–Crippen MR) is 117 cm³/mol. The van der Waals surface area contributed by atoms with Crippen LogP contribution in [0.15, 0.2) is 72.8 Å². The summed E-state index contributed by atoms with van der Waals surface area (Å²) >= 11 is 11.9. The van der Waals surface area contributed by atoms with Gasteiger partial charge in [-0.15, -0.1) is 0 Å². The van der Waals surface area contributed by atoms with Gasteiger partial charge in [0.15, 0.2) is 0 Å². The van der Waals surface area contributed by atoms with E-state index >= 15 is 0 Å². The standard InChI is InChI=1S/C23H18Cl2N2O2/c1-15-22(28)26(14-16-6-10-18(24)11-7-16)20-4-2-3-5-21(20)27(15)23(29)17-8-12-19(25)13-9-17/h2-13,15H,14H2,1H3. The van der Waals surface area contributed by atoms with Crippen molar-refractivity contribution >= 4 is 46.4 Å². The van der Waals surface area contributed by atoms with E-state index in [-0.39, 0.29) is 11.8 Å². The summed E-state index contributed by atoms with van der Waals surface area (Å²) in [4.78, 5) is 29.7. The highest BCUT2D eigenvalue weighted by Gasteiger charge is 2.38. The quantitative estimate of drug-likeness (QED) is 0.550. The second-order valence-corrected chi connectivity index (χ2v) is 7.77. The first kappa shape index (κ1) is 19.5. The summed E-state index contributed by atoms with van der Waals surface area (Å²) in [7, 11) is 0. The number of fused-ring (bicyclic) bond motifs is 1. The third kappa shape index (κ3) is 3.74. The number of rotatable bonds is 3. The fraction of sp³-hybridized carbons (Fsp3) is 0.130. The molecule has 0 fully saturated rings. The lowest BCUT2D eigenvalue weighted by Gasteiger charge is -2.40. The second kappa shape index (κ2) is 7.90. The van der Waals surface area contributed by atoms with Crippen LogP contribution in [-0.2, 0) is 11.3 Å². The molecule has 4 nitrogen and oxygen atoms in total. The number of carbonyl (C=O) groups excluding carboxylic acids is 2. The molecule has 6 heteroatoms. The summed E-state index contributed by atoms with van der Waals surface area (Å²) in [6, 6.07) is 20.9. The van der Waals surface area contributed by atoms with Gasteiger partial charge in [-0.1, -0.05) is 47.5 Å². The van der Waals surface area contributed by atoms with Crippen molar-refractivity contribution in [3.05, 3.63) is 94.0 Å². The molecule has 4 rings (SSSR count). The van der Waals surface area contributed by atoms with E-state index in [4.69, 9.17) is 23.2 Å². The van der Waals surface area contributed by atoms with Crippen molar-refractivity contribution in [1.82, 2.24) is 0 Å². The van der Waals surface area contributed by atoms with Gasteiger partial charge < -0.3 is 4.90 Å². The largest absolute Gasteiger partial charge is 0.304 e. The van der Waals surface area contributed by atoms with Crippen LogP contribution >= 0.6 is 23.2 Å². The zero-order valence-corrected chi connectivity index (χ0v) is 17.2. The van der Waals surface area contributed by atoms with Crippen LogP contribution in [-0.4, -0.2) is 17.9 Å². The molecule has 29 heavy (non-hydrogen) atoms. The first-order valence-electron chi connectivity index (χ1n) is 9.19. The number of nitrogens with zero attached hydrogens (tertiary/aromatic N) is 2. The highest BCUT2D eigenvalue weighted by Crippen LogP contribution is 2.37. The monoisotopic (exact) mass is 424 g/mol. The van der Waals surface area contributed by atoms with Gasteiger partial charge in [-0.3, -0.25) is 14.5 Å². The van der Waals surface area contributed by atoms with E-state index in [0.717, 1.165) is 5.56 Å². The third-order valence-electron chi connectivity index (χ3n) is 5.01. The van der Waals surface area contributed by atoms with E-state index in [1.807, 2.05) is 36.4 Å². The molecule has 146 valence electrons. The van der Waals surface area contributed by atoms with E-state index in [2.05, 4.69) is 0 Å². The van der Waals surface area contributed by atoms with Gasteiger partial charge in [0, 0.05) is 15.6 Å². The predicted octanol–water partition coefficient (Wildman–Crippen LogP) is 5.58. The smallest absolute Gasteiger partial charge is 0.259 e. The fourth-order valence-corrected chi connectivity index (χ4v) is 3.76. The van der Waals surface area contributed by atoms with Gasteiger partial charge in [0.25, 0.3) is 5.91 Å². The Morgan fingerprint density at radius 2 is 1.41 bits per heavy atom. The van der Waals surface area contributed by atoms with Crippen molar-refractivity contribution in [2.24, 2.45) is 0 Å². The first-order chi connectivity index (χ1) is 14.0. The summed E-state index contributed by atoms with van der Waals surface area (Å²) in [5.41, 5.74) is 2.85. The number of para-hydroxylation sites is 2. The minimum atomic E-state index is -0.639. The summed E-state index contributed by atoms with van der Waals surface area (Å²) in [6.07, 6.45) is 0. The van der Waals surface area contributed by atoms with Gasteiger partial charge in [-0.05, 0) is 61.0 Å². The molecule has 0 aliphatic carbocycles. The molecule has 1 unspecified atom stereocenters. The van der Waals surface area contributed by atoms with E-state index < -0.39 is 6.04 Å². The molecule has 3 aromatic carbocycles. The van der Waals surface area contributed by atoms with E-state index in [1.165, 1.54) is 0 Å². The van der Waals surface area contributed by atoms with Crippen molar-refractivity contribution in [2.75, 3.05) is 9.80 Å². The molecule has 0 spiro atoms. The van der Waals surface area contributed by atoms with Crippen molar-refractivity contribution in [2.45, 2.75) is 19.5 Å². The molecular weight excluding hydrogens is 407 g/mol. The van der Waals surface area contributed by atoms with Crippen molar-refractivity contribution in [3.63, 3.8) is 0 Å². The average Bonchev–Trinajstić information content (AvgIpc) is 2.73.